The fourth-order valence-corrected chi connectivity index (χ4v) is 2.02. The van der Waals surface area contributed by atoms with Crippen molar-refractivity contribution in [3.8, 4) is 0 Å². The van der Waals surface area contributed by atoms with Gasteiger partial charge >= 0.3 is 12.0 Å². The third-order valence-electron chi connectivity index (χ3n) is 3.14. The molecule has 1 fully saturated rings. The normalized spacial score (nSPS) is 21.1. The molecule has 0 saturated carbocycles. The van der Waals surface area contributed by atoms with Gasteiger partial charge in [-0.05, 0) is 19.3 Å². The molecular weight excluding hydrogens is 236 g/mol. The fraction of sp³-hybridized carbons (Fsp3) is 0.833. The zero-order chi connectivity index (χ0) is 13.5. The Morgan fingerprint density at radius 3 is 2.78 bits per heavy atom. The number of urea groups is 1. The van der Waals surface area contributed by atoms with Crippen LogP contribution in [0.3, 0.4) is 0 Å². The number of hydrogen-bond donors (Lipinski definition) is 2. The van der Waals surface area contributed by atoms with Crippen molar-refractivity contribution in [2.45, 2.75) is 32.2 Å². The molecule has 2 N–H and O–H groups in total. The van der Waals surface area contributed by atoms with Crippen LogP contribution in [0.2, 0.25) is 0 Å². The molecule has 0 radical (unpaired) electrons. The Balaban J connectivity index is 2.37. The van der Waals surface area contributed by atoms with Gasteiger partial charge in [0, 0.05) is 26.1 Å². The SMILES string of the molecule is CC[C@@H](NC(=O)N(C)CC1CCCOC1)C(=O)O. The molecule has 1 heterocycles. The summed E-state index contributed by atoms with van der Waals surface area (Å²) in [6.45, 7) is 3.80. The highest BCUT2D eigenvalue weighted by molar-refractivity contribution is 5.82. The summed E-state index contributed by atoms with van der Waals surface area (Å²) >= 11 is 0. The van der Waals surface area contributed by atoms with Crippen LogP contribution in [0.15, 0.2) is 0 Å². The number of carboxylic acid groups (broad SMARTS) is 1. The topological polar surface area (TPSA) is 78.9 Å². The van der Waals surface area contributed by atoms with Crippen LogP contribution in [0.4, 0.5) is 4.79 Å². The maximum absolute atomic E-state index is 11.8. The number of nitrogens with zero attached hydrogens (tertiary/aromatic N) is 1. The molecule has 2 atom stereocenters. The van der Waals surface area contributed by atoms with Gasteiger partial charge in [0.2, 0.25) is 0 Å². The van der Waals surface area contributed by atoms with E-state index in [4.69, 9.17) is 9.84 Å². The smallest absolute Gasteiger partial charge is 0.326 e. The Hall–Kier alpha value is -1.30. The molecule has 6 heteroatoms. The maximum atomic E-state index is 11.8. The second-order valence-electron chi connectivity index (χ2n) is 4.71. The molecule has 0 aromatic rings. The van der Waals surface area contributed by atoms with Gasteiger partial charge in [0.05, 0.1) is 6.61 Å². The number of carboxylic acids is 1. The predicted molar refractivity (Wildman–Crippen MR) is 66.4 cm³/mol. The van der Waals surface area contributed by atoms with E-state index >= 15 is 0 Å². The Morgan fingerprint density at radius 2 is 2.28 bits per heavy atom. The summed E-state index contributed by atoms with van der Waals surface area (Å²) in [6, 6.07) is -1.16. The van der Waals surface area contributed by atoms with Crippen LogP contribution in [0.25, 0.3) is 0 Å². The first-order chi connectivity index (χ1) is 8.54. The molecule has 1 aliphatic heterocycles. The number of carbonyl (C=O) groups excluding carboxylic acids is 1. The van der Waals surface area contributed by atoms with Gasteiger partial charge in [-0.1, -0.05) is 6.92 Å². The first-order valence-corrected chi connectivity index (χ1v) is 6.36. The Labute approximate surface area is 107 Å². The molecule has 0 aromatic carbocycles. The van der Waals surface area contributed by atoms with E-state index in [1.54, 1.807) is 14.0 Å². The van der Waals surface area contributed by atoms with Gasteiger partial charge in [0.1, 0.15) is 6.04 Å². The summed E-state index contributed by atoms with van der Waals surface area (Å²) in [5, 5.41) is 11.4. The molecule has 1 unspecified atom stereocenters. The lowest BCUT2D eigenvalue weighted by Gasteiger charge is -2.28. The van der Waals surface area contributed by atoms with Crippen molar-refractivity contribution in [1.82, 2.24) is 10.2 Å². The van der Waals surface area contributed by atoms with Crippen LogP contribution in [0.1, 0.15) is 26.2 Å². The van der Waals surface area contributed by atoms with Crippen LogP contribution in [-0.4, -0.2) is 54.9 Å². The minimum atomic E-state index is -1.000. The zero-order valence-corrected chi connectivity index (χ0v) is 11.0. The minimum absolute atomic E-state index is 0.338. The van der Waals surface area contributed by atoms with Crippen molar-refractivity contribution in [2.24, 2.45) is 5.92 Å². The largest absolute Gasteiger partial charge is 0.480 e. The molecule has 0 aliphatic carbocycles. The third kappa shape index (κ3) is 4.52. The third-order valence-corrected chi connectivity index (χ3v) is 3.14. The lowest BCUT2D eigenvalue weighted by molar-refractivity contribution is -0.139. The van der Waals surface area contributed by atoms with Crippen LogP contribution in [0, 0.1) is 5.92 Å². The van der Waals surface area contributed by atoms with E-state index in [9.17, 15) is 9.59 Å². The summed E-state index contributed by atoms with van der Waals surface area (Å²) in [4.78, 5) is 24.2. The average molecular weight is 258 g/mol. The lowest BCUT2D eigenvalue weighted by Crippen LogP contribution is -2.48. The predicted octanol–water partition coefficient (Wildman–Crippen LogP) is 0.918. The van der Waals surface area contributed by atoms with E-state index < -0.39 is 12.0 Å². The molecule has 6 nitrogen and oxygen atoms in total. The summed E-state index contributed by atoms with van der Waals surface area (Å²) in [5.74, 6) is -0.653. The van der Waals surface area contributed by atoms with Gasteiger partial charge in [-0.25, -0.2) is 9.59 Å². The van der Waals surface area contributed by atoms with Crippen molar-refractivity contribution in [1.29, 1.82) is 0 Å². The van der Waals surface area contributed by atoms with E-state index in [1.165, 1.54) is 4.90 Å². The van der Waals surface area contributed by atoms with E-state index in [0.717, 1.165) is 19.4 Å². The lowest BCUT2D eigenvalue weighted by atomic mass is 10.0. The molecule has 0 aromatic heterocycles. The van der Waals surface area contributed by atoms with Crippen LogP contribution in [-0.2, 0) is 9.53 Å². The van der Waals surface area contributed by atoms with E-state index in [2.05, 4.69) is 5.32 Å². The molecule has 1 aliphatic rings. The fourth-order valence-electron chi connectivity index (χ4n) is 2.02. The monoisotopic (exact) mass is 258 g/mol. The molecule has 2 amide bonds. The molecular formula is C12H22N2O4. The number of aliphatic carboxylic acids is 1. The molecule has 18 heavy (non-hydrogen) atoms. The van der Waals surface area contributed by atoms with Gasteiger partial charge in [-0.2, -0.15) is 0 Å². The van der Waals surface area contributed by atoms with Crippen LogP contribution in [0.5, 0.6) is 0 Å². The van der Waals surface area contributed by atoms with E-state index in [1.807, 2.05) is 0 Å². The molecule has 1 rings (SSSR count). The van der Waals surface area contributed by atoms with Crippen molar-refractivity contribution in [3.63, 3.8) is 0 Å². The van der Waals surface area contributed by atoms with Crippen molar-refractivity contribution < 1.29 is 19.4 Å². The first kappa shape index (κ1) is 14.8. The van der Waals surface area contributed by atoms with Gasteiger partial charge in [0.15, 0.2) is 0 Å². The maximum Gasteiger partial charge on any atom is 0.326 e. The van der Waals surface area contributed by atoms with Gasteiger partial charge in [-0.15, -0.1) is 0 Å². The average Bonchev–Trinajstić information content (AvgIpc) is 2.36. The number of rotatable bonds is 5. The number of ether oxygens (including phenoxy) is 1. The van der Waals surface area contributed by atoms with Crippen LogP contribution < -0.4 is 5.32 Å². The van der Waals surface area contributed by atoms with Crippen molar-refractivity contribution >= 4 is 12.0 Å². The van der Waals surface area contributed by atoms with Gasteiger partial charge < -0.3 is 20.1 Å². The van der Waals surface area contributed by atoms with Crippen LogP contribution >= 0.6 is 0 Å². The minimum Gasteiger partial charge on any atom is -0.480 e. The standard InChI is InChI=1S/C12H22N2O4/c1-3-10(11(15)16)13-12(17)14(2)7-9-5-4-6-18-8-9/h9-10H,3-8H2,1-2H3,(H,13,17)(H,15,16)/t9?,10-/m1/s1. The highest BCUT2D eigenvalue weighted by Crippen LogP contribution is 2.14. The Morgan fingerprint density at radius 1 is 1.56 bits per heavy atom. The van der Waals surface area contributed by atoms with E-state index in [-0.39, 0.29) is 6.03 Å². The molecule has 1 saturated heterocycles. The number of nitrogens with one attached hydrogen (secondary N) is 1. The summed E-state index contributed by atoms with van der Waals surface area (Å²) in [6.07, 6.45) is 2.45. The molecule has 0 spiro atoms. The summed E-state index contributed by atoms with van der Waals surface area (Å²) in [5.41, 5.74) is 0. The van der Waals surface area contributed by atoms with Gasteiger partial charge in [0.25, 0.3) is 0 Å². The van der Waals surface area contributed by atoms with E-state index in [0.29, 0.717) is 25.5 Å². The Bertz CT molecular complexity index is 290. The summed E-state index contributed by atoms with van der Waals surface area (Å²) in [7, 11) is 1.68. The van der Waals surface area contributed by atoms with Crippen molar-refractivity contribution in [3.05, 3.63) is 0 Å². The number of amides is 2. The number of hydrogen-bond acceptors (Lipinski definition) is 3. The Kier molecular flexibility index (Phi) is 5.91. The second kappa shape index (κ2) is 7.20. The zero-order valence-electron chi connectivity index (χ0n) is 11.0. The second-order valence-corrected chi connectivity index (χ2v) is 4.71. The molecule has 104 valence electrons. The first-order valence-electron chi connectivity index (χ1n) is 6.36. The van der Waals surface area contributed by atoms with Crippen molar-refractivity contribution in [2.75, 3.05) is 26.8 Å². The summed E-state index contributed by atoms with van der Waals surface area (Å²) < 4.78 is 5.35. The van der Waals surface area contributed by atoms with Gasteiger partial charge in [-0.3, -0.25) is 0 Å². The quantitative estimate of drug-likeness (QED) is 0.768. The highest BCUT2D eigenvalue weighted by atomic mass is 16.5. The number of carbonyl (C=O) groups is 2. The molecule has 0 bridgehead atoms. The highest BCUT2D eigenvalue weighted by Gasteiger charge is 2.22.